The van der Waals surface area contributed by atoms with E-state index in [0.717, 1.165) is 49.8 Å². The highest BCUT2D eigenvalue weighted by Crippen LogP contribution is 2.33. The van der Waals surface area contributed by atoms with Gasteiger partial charge >= 0.3 is 0 Å². The van der Waals surface area contributed by atoms with E-state index in [-0.39, 0.29) is 17.9 Å². The molecule has 112 valence electrons. The monoisotopic (exact) mass is 285 g/mol. The number of carbonyl (C=O) groups excluding carboxylic acids is 2. The van der Waals surface area contributed by atoms with Crippen LogP contribution in [0.3, 0.4) is 0 Å². The Kier molecular flexibility index (Phi) is 4.09. The maximum absolute atomic E-state index is 12.8. The van der Waals surface area contributed by atoms with Crippen molar-refractivity contribution in [2.24, 2.45) is 5.92 Å². The standard InChI is InChI=1S/C18H23NO2/c1-13-8-10-14(11-9-13)18(21)19-12-3-2-6-16(19)15-5-4-7-17(15)20/h8-11,15-16H,2-7,12H2,1H3. The van der Waals surface area contributed by atoms with E-state index in [9.17, 15) is 9.59 Å². The van der Waals surface area contributed by atoms with Crippen molar-refractivity contribution in [1.29, 1.82) is 0 Å². The van der Waals surface area contributed by atoms with Crippen molar-refractivity contribution in [3.05, 3.63) is 35.4 Å². The average molecular weight is 285 g/mol. The minimum Gasteiger partial charge on any atom is -0.335 e. The molecule has 2 fully saturated rings. The van der Waals surface area contributed by atoms with Gasteiger partial charge in [0.25, 0.3) is 5.91 Å². The Morgan fingerprint density at radius 3 is 2.52 bits per heavy atom. The van der Waals surface area contributed by atoms with Crippen LogP contribution in [-0.4, -0.2) is 29.2 Å². The molecular formula is C18H23NO2. The van der Waals surface area contributed by atoms with Crippen LogP contribution in [0.1, 0.15) is 54.4 Å². The predicted octanol–water partition coefficient (Wildman–Crippen LogP) is 3.36. The Labute approximate surface area is 126 Å². The lowest BCUT2D eigenvalue weighted by Crippen LogP contribution is -2.48. The molecule has 1 heterocycles. The van der Waals surface area contributed by atoms with Gasteiger partial charge in [0, 0.05) is 30.5 Å². The van der Waals surface area contributed by atoms with Crippen molar-refractivity contribution in [2.75, 3.05) is 6.54 Å². The molecule has 1 saturated carbocycles. The summed E-state index contributed by atoms with van der Waals surface area (Å²) in [6.07, 6.45) is 5.82. The molecule has 1 aromatic carbocycles. The fraction of sp³-hybridized carbons (Fsp3) is 0.556. The summed E-state index contributed by atoms with van der Waals surface area (Å²) in [4.78, 5) is 26.9. The van der Waals surface area contributed by atoms with Crippen molar-refractivity contribution in [1.82, 2.24) is 4.90 Å². The van der Waals surface area contributed by atoms with Gasteiger partial charge in [0.1, 0.15) is 5.78 Å². The van der Waals surface area contributed by atoms with Gasteiger partial charge in [0.15, 0.2) is 0 Å². The number of aryl methyl sites for hydroxylation is 1. The van der Waals surface area contributed by atoms with Crippen molar-refractivity contribution in [2.45, 2.75) is 51.5 Å². The molecule has 2 atom stereocenters. The summed E-state index contributed by atoms with van der Waals surface area (Å²) >= 11 is 0. The third-order valence-corrected chi connectivity index (χ3v) is 4.92. The molecule has 3 heteroatoms. The summed E-state index contributed by atoms with van der Waals surface area (Å²) in [5.74, 6) is 0.544. The molecule has 2 unspecified atom stereocenters. The Morgan fingerprint density at radius 1 is 1.10 bits per heavy atom. The Bertz CT molecular complexity index is 535. The van der Waals surface area contributed by atoms with E-state index < -0.39 is 0 Å². The molecule has 0 aromatic heterocycles. The van der Waals surface area contributed by atoms with Gasteiger partial charge in [-0.05, 0) is 51.2 Å². The topological polar surface area (TPSA) is 37.4 Å². The number of hydrogen-bond donors (Lipinski definition) is 0. The normalized spacial score (nSPS) is 26.1. The number of hydrogen-bond acceptors (Lipinski definition) is 2. The molecule has 3 rings (SSSR count). The fourth-order valence-corrected chi connectivity index (χ4v) is 3.74. The fourth-order valence-electron chi connectivity index (χ4n) is 3.74. The third-order valence-electron chi connectivity index (χ3n) is 4.92. The number of rotatable bonds is 2. The van der Waals surface area contributed by atoms with E-state index in [2.05, 4.69) is 0 Å². The number of ketones is 1. The Hall–Kier alpha value is -1.64. The molecule has 0 spiro atoms. The molecule has 1 aliphatic heterocycles. The molecule has 0 radical (unpaired) electrons. The van der Waals surface area contributed by atoms with Gasteiger partial charge in [-0.3, -0.25) is 9.59 Å². The van der Waals surface area contributed by atoms with Gasteiger partial charge in [-0.15, -0.1) is 0 Å². The van der Waals surface area contributed by atoms with Crippen molar-refractivity contribution in [3.63, 3.8) is 0 Å². The van der Waals surface area contributed by atoms with Gasteiger partial charge < -0.3 is 4.90 Å². The molecule has 1 amide bonds. The number of benzene rings is 1. The summed E-state index contributed by atoms with van der Waals surface area (Å²) in [6.45, 7) is 2.82. The number of amides is 1. The maximum atomic E-state index is 12.8. The van der Waals surface area contributed by atoms with E-state index >= 15 is 0 Å². The van der Waals surface area contributed by atoms with Gasteiger partial charge in [-0.1, -0.05) is 17.7 Å². The highest BCUT2D eigenvalue weighted by atomic mass is 16.2. The zero-order chi connectivity index (χ0) is 14.8. The van der Waals surface area contributed by atoms with Crippen LogP contribution in [0.2, 0.25) is 0 Å². The van der Waals surface area contributed by atoms with Gasteiger partial charge in [-0.25, -0.2) is 0 Å². The van der Waals surface area contributed by atoms with Crippen LogP contribution in [0.4, 0.5) is 0 Å². The number of Topliss-reactive ketones (excluding diaryl/α,β-unsaturated/α-hetero) is 1. The lowest BCUT2D eigenvalue weighted by molar-refractivity contribution is -0.122. The smallest absolute Gasteiger partial charge is 0.254 e. The first-order valence-corrected chi connectivity index (χ1v) is 8.07. The lowest BCUT2D eigenvalue weighted by atomic mass is 9.88. The second kappa shape index (κ2) is 6.00. The van der Waals surface area contributed by atoms with Crippen LogP contribution in [0.5, 0.6) is 0 Å². The minimum atomic E-state index is 0.0831. The number of nitrogens with zero attached hydrogens (tertiary/aromatic N) is 1. The van der Waals surface area contributed by atoms with Crippen LogP contribution in [0.15, 0.2) is 24.3 Å². The molecule has 21 heavy (non-hydrogen) atoms. The first-order chi connectivity index (χ1) is 10.2. The highest BCUT2D eigenvalue weighted by Gasteiger charge is 2.38. The SMILES string of the molecule is Cc1ccc(C(=O)N2CCCCC2C2CCCC2=O)cc1. The summed E-state index contributed by atoms with van der Waals surface area (Å²) in [5, 5.41) is 0. The summed E-state index contributed by atoms with van der Waals surface area (Å²) in [5.41, 5.74) is 1.91. The second-order valence-electron chi connectivity index (χ2n) is 6.39. The van der Waals surface area contributed by atoms with E-state index in [1.54, 1.807) is 0 Å². The number of piperidine rings is 1. The maximum Gasteiger partial charge on any atom is 0.254 e. The van der Waals surface area contributed by atoms with Crippen LogP contribution < -0.4 is 0 Å². The molecule has 1 saturated heterocycles. The lowest BCUT2D eigenvalue weighted by Gasteiger charge is -2.38. The zero-order valence-electron chi connectivity index (χ0n) is 12.7. The summed E-state index contributed by atoms with van der Waals surface area (Å²) in [6, 6.07) is 7.89. The minimum absolute atomic E-state index is 0.0831. The van der Waals surface area contributed by atoms with Gasteiger partial charge in [0.05, 0.1) is 0 Å². The van der Waals surface area contributed by atoms with Crippen molar-refractivity contribution in [3.8, 4) is 0 Å². The van der Waals surface area contributed by atoms with Gasteiger partial charge in [0.2, 0.25) is 0 Å². The van der Waals surface area contributed by atoms with Crippen LogP contribution in [-0.2, 0) is 4.79 Å². The molecule has 1 aromatic rings. The highest BCUT2D eigenvalue weighted by molar-refractivity contribution is 5.95. The molecule has 3 nitrogen and oxygen atoms in total. The molecule has 1 aliphatic carbocycles. The molecule has 0 bridgehead atoms. The molecular weight excluding hydrogens is 262 g/mol. The molecule has 0 N–H and O–H groups in total. The molecule has 2 aliphatic rings. The van der Waals surface area contributed by atoms with E-state index in [1.165, 1.54) is 0 Å². The first-order valence-electron chi connectivity index (χ1n) is 8.07. The van der Waals surface area contributed by atoms with Crippen molar-refractivity contribution >= 4 is 11.7 Å². The summed E-state index contributed by atoms with van der Waals surface area (Å²) < 4.78 is 0. The van der Waals surface area contributed by atoms with Crippen LogP contribution in [0.25, 0.3) is 0 Å². The quantitative estimate of drug-likeness (QED) is 0.835. The Morgan fingerprint density at radius 2 is 1.86 bits per heavy atom. The third kappa shape index (κ3) is 2.87. The summed E-state index contributed by atoms with van der Waals surface area (Å²) in [7, 11) is 0. The van der Waals surface area contributed by atoms with E-state index in [0.29, 0.717) is 12.2 Å². The predicted molar refractivity (Wildman–Crippen MR) is 82.2 cm³/mol. The van der Waals surface area contributed by atoms with Crippen LogP contribution in [0, 0.1) is 12.8 Å². The Balaban J connectivity index is 1.81. The zero-order valence-corrected chi connectivity index (χ0v) is 12.7. The van der Waals surface area contributed by atoms with Crippen LogP contribution >= 0.6 is 0 Å². The second-order valence-corrected chi connectivity index (χ2v) is 6.39. The first kappa shape index (κ1) is 14.3. The van der Waals surface area contributed by atoms with E-state index in [4.69, 9.17) is 0 Å². The number of likely N-dealkylation sites (tertiary alicyclic amines) is 1. The number of carbonyl (C=O) groups is 2. The van der Waals surface area contributed by atoms with Gasteiger partial charge in [-0.2, -0.15) is 0 Å². The van der Waals surface area contributed by atoms with E-state index in [1.807, 2.05) is 36.1 Å². The largest absolute Gasteiger partial charge is 0.335 e. The van der Waals surface area contributed by atoms with Crippen molar-refractivity contribution < 1.29 is 9.59 Å². The average Bonchev–Trinajstić information content (AvgIpc) is 2.93.